The molecule has 2 heterocycles. The lowest BCUT2D eigenvalue weighted by Crippen LogP contribution is -2.08. The minimum absolute atomic E-state index is 0.724. The second kappa shape index (κ2) is 7.37. The Morgan fingerprint density at radius 2 is 1.70 bits per heavy atom. The smallest absolute Gasteiger partial charge is 0.142 e. The van der Waals surface area contributed by atoms with Crippen LogP contribution >= 0.6 is 11.3 Å². The van der Waals surface area contributed by atoms with Gasteiger partial charge in [-0.2, -0.15) is 0 Å². The monoisotopic (exact) mass is 374 g/mol. The van der Waals surface area contributed by atoms with Crippen molar-refractivity contribution in [3.05, 3.63) is 76.9 Å². The third-order valence-corrected chi connectivity index (χ3v) is 5.36. The van der Waals surface area contributed by atoms with Crippen LogP contribution in [0.5, 0.6) is 0 Å². The van der Waals surface area contributed by atoms with Crippen LogP contribution in [0, 0.1) is 6.92 Å². The second-order valence-corrected chi connectivity index (χ2v) is 8.03. The number of hydrogen-bond acceptors (Lipinski definition) is 5. The van der Waals surface area contributed by atoms with E-state index in [4.69, 9.17) is 9.97 Å². The Morgan fingerprint density at radius 3 is 2.41 bits per heavy atom. The van der Waals surface area contributed by atoms with Crippen molar-refractivity contribution in [3.63, 3.8) is 0 Å². The Kier molecular flexibility index (Phi) is 4.77. The molecule has 0 radical (unpaired) electrons. The number of nitrogens with zero attached hydrogens (tertiary/aromatic N) is 3. The summed E-state index contributed by atoms with van der Waals surface area (Å²) in [4.78, 5) is 14.0. The third kappa shape index (κ3) is 3.93. The lowest BCUT2D eigenvalue weighted by Gasteiger charge is -2.14. The van der Waals surface area contributed by atoms with Gasteiger partial charge >= 0.3 is 0 Å². The van der Waals surface area contributed by atoms with E-state index in [2.05, 4.69) is 71.7 Å². The number of thiophene rings is 1. The summed E-state index contributed by atoms with van der Waals surface area (Å²) in [7, 11) is 4.08. The molecular weight excluding hydrogens is 352 g/mol. The van der Waals surface area contributed by atoms with Crippen molar-refractivity contribution in [2.75, 3.05) is 24.3 Å². The molecule has 136 valence electrons. The minimum atomic E-state index is 0.724. The summed E-state index contributed by atoms with van der Waals surface area (Å²) in [5.41, 5.74) is 3.41. The first kappa shape index (κ1) is 17.5. The molecule has 0 aliphatic heterocycles. The number of rotatable bonds is 5. The highest BCUT2D eigenvalue weighted by Crippen LogP contribution is 2.31. The summed E-state index contributed by atoms with van der Waals surface area (Å²) < 4.78 is 0. The molecule has 0 bridgehead atoms. The zero-order valence-electron chi connectivity index (χ0n) is 15.7. The van der Waals surface area contributed by atoms with Crippen LogP contribution in [-0.2, 0) is 6.42 Å². The van der Waals surface area contributed by atoms with Gasteiger partial charge in [0.25, 0.3) is 0 Å². The molecule has 4 aromatic rings. The first-order valence-electron chi connectivity index (χ1n) is 8.94. The largest absolute Gasteiger partial charge is 0.378 e. The number of anilines is 3. The highest BCUT2D eigenvalue weighted by molar-refractivity contribution is 7.18. The van der Waals surface area contributed by atoms with E-state index in [-0.39, 0.29) is 0 Å². The molecule has 1 N–H and O–H groups in total. The fraction of sp³-hybridized carbons (Fsp3) is 0.182. The van der Waals surface area contributed by atoms with E-state index in [0.29, 0.717) is 0 Å². The van der Waals surface area contributed by atoms with E-state index in [9.17, 15) is 0 Å². The quantitative estimate of drug-likeness (QED) is 0.508. The fourth-order valence-electron chi connectivity index (χ4n) is 3.02. The molecule has 0 aliphatic rings. The normalized spacial score (nSPS) is 10.9. The van der Waals surface area contributed by atoms with Gasteiger partial charge in [-0.25, -0.2) is 9.97 Å². The Bertz CT molecular complexity index is 1050. The zero-order chi connectivity index (χ0) is 18.8. The van der Waals surface area contributed by atoms with Gasteiger partial charge in [-0.15, -0.1) is 11.3 Å². The van der Waals surface area contributed by atoms with Gasteiger partial charge in [0.05, 0.1) is 5.39 Å². The van der Waals surface area contributed by atoms with E-state index >= 15 is 0 Å². The molecule has 0 aliphatic carbocycles. The van der Waals surface area contributed by atoms with Gasteiger partial charge in [-0.1, -0.05) is 30.3 Å². The highest BCUT2D eigenvalue weighted by atomic mass is 32.1. The molecule has 0 saturated carbocycles. The van der Waals surface area contributed by atoms with E-state index in [0.717, 1.165) is 34.0 Å². The molecule has 4 nitrogen and oxygen atoms in total. The van der Waals surface area contributed by atoms with Crippen LogP contribution in [0.3, 0.4) is 0 Å². The molecule has 2 aromatic heterocycles. The number of nitrogens with one attached hydrogen (secondary N) is 1. The topological polar surface area (TPSA) is 41.0 Å². The van der Waals surface area contributed by atoms with E-state index in [1.54, 1.807) is 11.3 Å². The number of aromatic nitrogens is 2. The second-order valence-electron chi connectivity index (χ2n) is 6.79. The van der Waals surface area contributed by atoms with Crippen LogP contribution in [-0.4, -0.2) is 24.1 Å². The van der Waals surface area contributed by atoms with Crippen LogP contribution in [0.15, 0.2) is 60.7 Å². The van der Waals surface area contributed by atoms with Gasteiger partial charge in [-0.3, -0.25) is 0 Å². The SMILES string of the molecule is Cc1cc2c(Nc3ccc(N(C)C)cc3)nc(Cc3ccccc3)nc2s1. The standard InChI is InChI=1S/C22H22N4S/c1-15-13-19-21(23-17-9-11-18(12-10-17)26(2)3)24-20(25-22(19)27-15)14-16-7-5-4-6-8-16/h4-13H,14H2,1-3H3,(H,23,24,25). The molecule has 0 atom stereocenters. The van der Waals surface area contributed by atoms with E-state index in [1.165, 1.54) is 16.1 Å². The van der Waals surface area contributed by atoms with Crippen LogP contribution in [0.1, 0.15) is 16.3 Å². The van der Waals surface area contributed by atoms with E-state index in [1.807, 2.05) is 20.2 Å². The van der Waals surface area contributed by atoms with Crippen molar-refractivity contribution in [1.29, 1.82) is 0 Å². The Hall–Kier alpha value is -2.92. The molecule has 2 aromatic carbocycles. The summed E-state index contributed by atoms with van der Waals surface area (Å²) in [5, 5.41) is 4.56. The van der Waals surface area contributed by atoms with Crippen molar-refractivity contribution in [2.24, 2.45) is 0 Å². The first-order chi connectivity index (χ1) is 13.1. The number of hydrogen-bond donors (Lipinski definition) is 1. The van der Waals surface area contributed by atoms with Crippen LogP contribution in [0.25, 0.3) is 10.2 Å². The molecule has 4 rings (SSSR count). The van der Waals surface area contributed by atoms with Crippen LogP contribution < -0.4 is 10.2 Å². The van der Waals surface area contributed by atoms with Crippen molar-refractivity contribution in [3.8, 4) is 0 Å². The molecular formula is C22H22N4S. The zero-order valence-corrected chi connectivity index (χ0v) is 16.5. The summed E-state index contributed by atoms with van der Waals surface area (Å²) in [6, 6.07) is 20.9. The first-order valence-corrected chi connectivity index (χ1v) is 9.75. The number of benzene rings is 2. The maximum Gasteiger partial charge on any atom is 0.142 e. The lowest BCUT2D eigenvalue weighted by atomic mass is 10.1. The number of fused-ring (bicyclic) bond motifs is 1. The van der Waals surface area contributed by atoms with Crippen molar-refractivity contribution in [1.82, 2.24) is 9.97 Å². The third-order valence-electron chi connectivity index (χ3n) is 4.41. The van der Waals surface area contributed by atoms with Crippen molar-refractivity contribution >= 4 is 38.7 Å². The van der Waals surface area contributed by atoms with Crippen molar-refractivity contribution < 1.29 is 0 Å². The van der Waals surface area contributed by atoms with Gasteiger partial charge < -0.3 is 10.2 Å². The van der Waals surface area contributed by atoms with Crippen LogP contribution in [0.2, 0.25) is 0 Å². The van der Waals surface area contributed by atoms with Crippen molar-refractivity contribution in [2.45, 2.75) is 13.3 Å². The average molecular weight is 375 g/mol. The molecule has 0 fully saturated rings. The van der Waals surface area contributed by atoms with Gasteiger partial charge in [0, 0.05) is 36.8 Å². The maximum absolute atomic E-state index is 4.84. The summed E-state index contributed by atoms with van der Waals surface area (Å²) >= 11 is 1.71. The molecule has 0 amide bonds. The molecule has 0 unspecified atom stereocenters. The molecule has 0 saturated heterocycles. The minimum Gasteiger partial charge on any atom is -0.378 e. The Labute approximate surface area is 163 Å². The molecule has 27 heavy (non-hydrogen) atoms. The van der Waals surface area contributed by atoms with Crippen LogP contribution in [0.4, 0.5) is 17.2 Å². The van der Waals surface area contributed by atoms with Gasteiger partial charge in [-0.05, 0) is 42.8 Å². The van der Waals surface area contributed by atoms with Gasteiger partial charge in [0.15, 0.2) is 0 Å². The number of aryl methyl sites for hydroxylation is 1. The summed E-state index contributed by atoms with van der Waals surface area (Å²) in [5.74, 6) is 1.70. The predicted octanol–water partition coefficient (Wildman–Crippen LogP) is 5.40. The Morgan fingerprint density at radius 1 is 0.963 bits per heavy atom. The summed E-state index contributed by atoms with van der Waals surface area (Å²) in [6.45, 7) is 2.11. The fourth-order valence-corrected chi connectivity index (χ4v) is 3.92. The van der Waals surface area contributed by atoms with Gasteiger partial charge in [0.1, 0.15) is 16.5 Å². The average Bonchev–Trinajstić information content (AvgIpc) is 3.03. The molecule has 0 spiro atoms. The lowest BCUT2D eigenvalue weighted by molar-refractivity contribution is 1.000. The maximum atomic E-state index is 4.84. The van der Waals surface area contributed by atoms with E-state index < -0.39 is 0 Å². The Balaban J connectivity index is 1.69. The highest BCUT2D eigenvalue weighted by Gasteiger charge is 2.12. The summed E-state index contributed by atoms with van der Waals surface area (Å²) in [6.07, 6.45) is 0.724. The molecule has 5 heteroatoms. The predicted molar refractivity (Wildman–Crippen MR) is 115 cm³/mol. The van der Waals surface area contributed by atoms with Gasteiger partial charge in [0.2, 0.25) is 0 Å².